The largest absolute Gasteiger partial charge is 0.431 e. The van der Waals surface area contributed by atoms with Crippen molar-refractivity contribution in [2.75, 3.05) is 14.1 Å². The van der Waals surface area contributed by atoms with Crippen LogP contribution in [0.1, 0.15) is 11.3 Å². The summed E-state index contributed by atoms with van der Waals surface area (Å²) in [4.78, 5) is 8.94. The number of hydrogen-bond acceptors (Lipinski definition) is 7. The Morgan fingerprint density at radius 1 is 1.09 bits per heavy atom. The van der Waals surface area contributed by atoms with Crippen molar-refractivity contribution in [2.45, 2.75) is 22.0 Å². The van der Waals surface area contributed by atoms with E-state index in [2.05, 4.69) is 9.97 Å². The summed E-state index contributed by atoms with van der Waals surface area (Å²) in [6.45, 7) is 0. The average molecular weight is 500 g/mol. The van der Waals surface area contributed by atoms with Gasteiger partial charge in [0, 0.05) is 30.8 Å². The molecule has 0 amide bonds. The van der Waals surface area contributed by atoms with E-state index in [9.17, 15) is 21.6 Å². The first-order valence-corrected chi connectivity index (χ1v) is 12.4. The number of hydrogen-bond donors (Lipinski definition) is 0. The lowest BCUT2D eigenvalue weighted by Gasteiger charge is -2.10. The lowest BCUT2D eigenvalue weighted by Crippen LogP contribution is -2.22. The third kappa shape index (κ3) is 4.68. The molecule has 0 bridgehead atoms. The lowest BCUT2D eigenvalue weighted by molar-refractivity contribution is -0.137. The number of halogens is 3. The van der Waals surface area contributed by atoms with Crippen LogP contribution in [0.5, 0.6) is 0 Å². The Morgan fingerprint density at radius 2 is 1.81 bits per heavy atom. The van der Waals surface area contributed by atoms with Gasteiger partial charge in [0.25, 0.3) is 5.22 Å². The minimum Gasteiger partial charge on any atom is -0.431 e. The molecule has 12 heteroatoms. The molecule has 2 aromatic carbocycles. The molecule has 0 aliphatic heterocycles. The standard InChI is InChI=1S/C20H16F3N3O3S3/c1-26(2)32(27,28)15-7-8-17-16(9-15)25-19(29-17)31-11-14-10-30-18(24-14)12-3-5-13(6-4-12)20(21,22)23/h3-10H,11H2,1-2H3. The Bertz CT molecular complexity index is 1360. The van der Waals surface area contributed by atoms with E-state index in [0.717, 1.165) is 22.1 Å². The van der Waals surface area contributed by atoms with Crippen LogP contribution in [0.2, 0.25) is 0 Å². The van der Waals surface area contributed by atoms with Crippen LogP contribution in [-0.4, -0.2) is 36.8 Å². The van der Waals surface area contributed by atoms with Crippen molar-refractivity contribution in [2.24, 2.45) is 0 Å². The van der Waals surface area contributed by atoms with E-state index in [-0.39, 0.29) is 4.90 Å². The molecule has 4 rings (SSSR count). The van der Waals surface area contributed by atoms with Crippen LogP contribution >= 0.6 is 23.1 Å². The van der Waals surface area contributed by atoms with Gasteiger partial charge in [-0.25, -0.2) is 22.7 Å². The highest BCUT2D eigenvalue weighted by molar-refractivity contribution is 7.98. The zero-order valence-electron chi connectivity index (χ0n) is 16.8. The summed E-state index contributed by atoms with van der Waals surface area (Å²) in [5, 5.41) is 2.80. The van der Waals surface area contributed by atoms with Crippen molar-refractivity contribution in [3.05, 3.63) is 59.1 Å². The zero-order chi connectivity index (χ0) is 23.1. The van der Waals surface area contributed by atoms with E-state index in [1.807, 2.05) is 5.38 Å². The molecule has 0 unspecified atom stereocenters. The minimum atomic E-state index is -4.37. The first kappa shape index (κ1) is 22.8. The summed E-state index contributed by atoms with van der Waals surface area (Å²) in [5.41, 5.74) is 1.53. The number of rotatable bonds is 6. The number of benzene rings is 2. The van der Waals surface area contributed by atoms with Gasteiger partial charge in [-0.15, -0.1) is 11.3 Å². The number of nitrogens with zero attached hydrogens (tertiary/aromatic N) is 3. The topological polar surface area (TPSA) is 76.3 Å². The fourth-order valence-electron chi connectivity index (χ4n) is 2.76. The fraction of sp³-hybridized carbons (Fsp3) is 0.200. The molecule has 0 saturated carbocycles. The molecule has 168 valence electrons. The molecule has 6 nitrogen and oxygen atoms in total. The van der Waals surface area contributed by atoms with Crippen LogP contribution in [0.15, 0.2) is 62.4 Å². The highest BCUT2D eigenvalue weighted by Gasteiger charge is 2.30. The predicted octanol–water partition coefficient (Wildman–Crippen LogP) is 5.51. The van der Waals surface area contributed by atoms with Crippen LogP contribution in [0.3, 0.4) is 0 Å². The monoisotopic (exact) mass is 499 g/mol. The second-order valence-corrected chi connectivity index (χ2v) is 10.8. The second-order valence-electron chi connectivity index (χ2n) is 6.90. The summed E-state index contributed by atoms with van der Waals surface area (Å²) < 4.78 is 69.5. The number of oxazole rings is 1. The molecule has 0 aliphatic carbocycles. The van der Waals surface area contributed by atoms with Crippen molar-refractivity contribution in [3.8, 4) is 10.6 Å². The SMILES string of the molecule is CN(C)S(=O)(=O)c1ccc2oc(SCc3csc(-c4ccc(C(F)(F)F)cc4)n3)nc2c1. The summed E-state index contributed by atoms with van der Waals surface area (Å²) in [7, 11) is -0.666. The Kier molecular flexibility index (Phi) is 6.05. The van der Waals surface area contributed by atoms with Crippen LogP contribution in [0.4, 0.5) is 13.2 Å². The summed E-state index contributed by atoms with van der Waals surface area (Å²) in [5.74, 6) is 0.437. The van der Waals surface area contributed by atoms with E-state index in [4.69, 9.17) is 4.42 Å². The minimum absolute atomic E-state index is 0.125. The van der Waals surface area contributed by atoms with Gasteiger partial charge in [-0.2, -0.15) is 13.2 Å². The average Bonchev–Trinajstić information content (AvgIpc) is 3.37. The Balaban J connectivity index is 1.47. The molecule has 0 aliphatic rings. The first-order valence-electron chi connectivity index (χ1n) is 9.12. The quantitative estimate of drug-likeness (QED) is 0.326. The molecule has 32 heavy (non-hydrogen) atoms. The number of fused-ring (bicyclic) bond motifs is 1. The summed E-state index contributed by atoms with van der Waals surface area (Å²) >= 11 is 2.63. The maximum Gasteiger partial charge on any atom is 0.416 e. The van der Waals surface area contributed by atoms with E-state index in [1.165, 1.54) is 61.5 Å². The van der Waals surface area contributed by atoms with Crippen molar-refractivity contribution >= 4 is 44.2 Å². The van der Waals surface area contributed by atoms with Gasteiger partial charge in [0.05, 0.1) is 16.2 Å². The fourth-order valence-corrected chi connectivity index (χ4v) is 5.35. The van der Waals surface area contributed by atoms with Crippen LogP contribution in [0, 0.1) is 0 Å². The van der Waals surface area contributed by atoms with E-state index in [0.29, 0.717) is 32.6 Å². The molecule has 2 heterocycles. The van der Waals surface area contributed by atoms with Crippen molar-refractivity contribution < 1.29 is 26.0 Å². The van der Waals surface area contributed by atoms with Gasteiger partial charge in [0.1, 0.15) is 10.5 Å². The Labute approximate surface area is 190 Å². The van der Waals surface area contributed by atoms with Gasteiger partial charge in [-0.3, -0.25) is 0 Å². The van der Waals surface area contributed by atoms with Crippen LogP contribution in [0.25, 0.3) is 21.7 Å². The number of thiazole rings is 1. The summed E-state index contributed by atoms with van der Waals surface area (Å²) in [6, 6.07) is 9.37. The maximum atomic E-state index is 12.7. The van der Waals surface area contributed by atoms with Gasteiger partial charge in [-0.05, 0) is 30.3 Å². The normalized spacial score (nSPS) is 12.7. The van der Waals surface area contributed by atoms with E-state index in [1.54, 1.807) is 6.07 Å². The zero-order valence-corrected chi connectivity index (χ0v) is 19.2. The highest BCUT2D eigenvalue weighted by Crippen LogP contribution is 2.33. The van der Waals surface area contributed by atoms with Gasteiger partial charge < -0.3 is 4.42 Å². The van der Waals surface area contributed by atoms with Gasteiger partial charge in [-0.1, -0.05) is 23.9 Å². The molecule has 0 fully saturated rings. The first-order chi connectivity index (χ1) is 15.0. The number of sulfonamides is 1. The van der Waals surface area contributed by atoms with Crippen molar-refractivity contribution in [1.29, 1.82) is 0 Å². The third-order valence-corrected chi connectivity index (χ3v) is 8.09. The van der Waals surface area contributed by atoms with Gasteiger partial charge >= 0.3 is 6.18 Å². The van der Waals surface area contributed by atoms with Crippen molar-refractivity contribution in [1.82, 2.24) is 14.3 Å². The molecular formula is C20H16F3N3O3S3. The Hall–Kier alpha value is -2.41. The van der Waals surface area contributed by atoms with E-state index < -0.39 is 21.8 Å². The molecular weight excluding hydrogens is 483 g/mol. The maximum absolute atomic E-state index is 12.7. The molecule has 2 aromatic heterocycles. The highest BCUT2D eigenvalue weighted by atomic mass is 32.2. The molecule has 0 N–H and O–H groups in total. The van der Waals surface area contributed by atoms with Crippen molar-refractivity contribution in [3.63, 3.8) is 0 Å². The second kappa shape index (κ2) is 8.50. The van der Waals surface area contributed by atoms with Gasteiger partial charge in [0.15, 0.2) is 5.58 Å². The lowest BCUT2D eigenvalue weighted by atomic mass is 10.1. The molecule has 0 spiro atoms. The van der Waals surface area contributed by atoms with Crippen LogP contribution < -0.4 is 0 Å². The molecule has 4 aromatic rings. The molecule has 0 radical (unpaired) electrons. The third-order valence-electron chi connectivity index (χ3n) is 4.47. The van der Waals surface area contributed by atoms with E-state index >= 15 is 0 Å². The van der Waals surface area contributed by atoms with Gasteiger partial charge in [0.2, 0.25) is 10.0 Å². The smallest absolute Gasteiger partial charge is 0.416 e. The number of thioether (sulfide) groups is 1. The van der Waals surface area contributed by atoms with Crippen LogP contribution in [-0.2, 0) is 22.0 Å². The molecule has 0 atom stereocenters. The number of alkyl halides is 3. The molecule has 0 saturated heterocycles. The summed E-state index contributed by atoms with van der Waals surface area (Å²) in [6.07, 6.45) is -4.37. The Morgan fingerprint density at radius 3 is 2.47 bits per heavy atom. The predicted molar refractivity (Wildman–Crippen MR) is 117 cm³/mol. The number of aromatic nitrogens is 2.